The van der Waals surface area contributed by atoms with Gasteiger partial charge in [0.2, 0.25) is 0 Å². The summed E-state index contributed by atoms with van der Waals surface area (Å²) in [4.78, 5) is 27.9. The molecule has 1 aromatic heterocycles. The van der Waals surface area contributed by atoms with E-state index in [0.717, 1.165) is 6.42 Å². The molecule has 0 aromatic carbocycles. The molecule has 0 bridgehead atoms. The van der Waals surface area contributed by atoms with Crippen LogP contribution in [0.15, 0.2) is 17.5 Å². The molecule has 1 aliphatic heterocycles. The maximum absolute atomic E-state index is 12.4. The van der Waals surface area contributed by atoms with E-state index in [2.05, 4.69) is 0 Å². The molecule has 1 unspecified atom stereocenters. The van der Waals surface area contributed by atoms with Crippen molar-refractivity contribution in [2.75, 3.05) is 19.6 Å². The fourth-order valence-electron chi connectivity index (χ4n) is 2.53. The van der Waals surface area contributed by atoms with E-state index in [9.17, 15) is 9.59 Å². The van der Waals surface area contributed by atoms with Gasteiger partial charge in [0.15, 0.2) is 0 Å². The lowest BCUT2D eigenvalue weighted by Crippen LogP contribution is -2.41. The highest BCUT2D eigenvalue weighted by atomic mass is 32.1. The van der Waals surface area contributed by atoms with Crippen LogP contribution in [0.5, 0.6) is 0 Å². The van der Waals surface area contributed by atoms with E-state index in [4.69, 9.17) is 5.11 Å². The standard InChI is InChI=1S/C14H20N2O3S/c1-2-15(10-12-4-3-7-20-12)14(19)16-6-5-11(9-16)8-13(17)18/h3-4,7,11H,2,5-6,8-10H2,1H3,(H,17,18). The molecular weight excluding hydrogens is 276 g/mol. The van der Waals surface area contributed by atoms with E-state index in [1.165, 1.54) is 4.88 Å². The lowest BCUT2D eigenvalue weighted by atomic mass is 10.1. The lowest BCUT2D eigenvalue weighted by molar-refractivity contribution is -0.138. The van der Waals surface area contributed by atoms with Gasteiger partial charge in [0.1, 0.15) is 0 Å². The van der Waals surface area contributed by atoms with E-state index in [1.54, 1.807) is 16.2 Å². The van der Waals surface area contributed by atoms with Crippen molar-refractivity contribution >= 4 is 23.3 Å². The van der Waals surface area contributed by atoms with Crippen LogP contribution in [0.4, 0.5) is 4.79 Å². The number of thiophene rings is 1. The Morgan fingerprint density at radius 1 is 1.55 bits per heavy atom. The second kappa shape index (κ2) is 6.74. The van der Waals surface area contributed by atoms with Crippen molar-refractivity contribution < 1.29 is 14.7 Å². The summed E-state index contributed by atoms with van der Waals surface area (Å²) in [7, 11) is 0. The van der Waals surface area contributed by atoms with Crippen LogP contribution >= 0.6 is 11.3 Å². The smallest absolute Gasteiger partial charge is 0.320 e. The van der Waals surface area contributed by atoms with Gasteiger partial charge in [-0.2, -0.15) is 0 Å². The zero-order valence-corrected chi connectivity index (χ0v) is 12.4. The molecule has 2 rings (SSSR count). The molecule has 1 atom stereocenters. The fourth-order valence-corrected chi connectivity index (χ4v) is 3.24. The Bertz CT molecular complexity index is 461. The van der Waals surface area contributed by atoms with Crippen LogP contribution in [0.25, 0.3) is 0 Å². The number of hydrogen-bond acceptors (Lipinski definition) is 3. The van der Waals surface area contributed by atoms with Crippen molar-refractivity contribution in [3.8, 4) is 0 Å². The van der Waals surface area contributed by atoms with E-state index in [0.29, 0.717) is 26.2 Å². The van der Waals surface area contributed by atoms with Gasteiger partial charge in [0.25, 0.3) is 0 Å². The summed E-state index contributed by atoms with van der Waals surface area (Å²) in [5, 5.41) is 10.8. The zero-order chi connectivity index (χ0) is 14.5. The first-order valence-corrected chi connectivity index (χ1v) is 7.76. The third kappa shape index (κ3) is 3.72. The highest BCUT2D eigenvalue weighted by Gasteiger charge is 2.30. The molecule has 1 aliphatic rings. The minimum atomic E-state index is -0.782. The number of carboxylic acid groups (broad SMARTS) is 1. The summed E-state index contributed by atoms with van der Waals surface area (Å²) in [6.45, 7) is 4.49. The van der Waals surface area contributed by atoms with Gasteiger partial charge in [-0.25, -0.2) is 4.79 Å². The van der Waals surface area contributed by atoms with Gasteiger partial charge in [-0.3, -0.25) is 4.79 Å². The number of rotatable bonds is 5. The molecule has 2 heterocycles. The number of carbonyl (C=O) groups excluding carboxylic acids is 1. The Balaban J connectivity index is 1.91. The molecule has 0 radical (unpaired) electrons. The van der Waals surface area contributed by atoms with Crippen molar-refractivity contribution in [1.82, 2.24) is 9.80 Å². The third-order valence-electron chi connectivity index (χ3n) is 3.60. The maximum Gasteiger partial charge on any atom is 0.320 e. The highest BCUT2D eigenvalue weighted by Crippen LogP contribution is 2.22. The minimum absolute atomic E-state index is 0.0220. The topological polar surface area (TPSA) is 60.9 Å². The molecule has 1 N–H and O–H groups in total. The normalized spacial score (nSPS) is 18.2. The van der Waals surface area contributed by atoms with Gasteiger partial charge < -0.3 is 14.9 Å². The first-order chi connectivity index (χ1) is 9.60. The molecule has 0 saturated carbocycles. The summed E-state index contributed by atoms with van der Waals surface area (Å²) in [5.74, 6) is -0.688. The number of carboxylic acids is 1. The van der Waals surface area contributed by atoms with E-state index in [1.807, 2.05) is 29.3 Å². The molecule has 0 aliphatic carbocycles. The van der Waals surface area contributed by atoms with Crippen LogP contribution < -0.4 is 0 Å². The largest absolute Gasteiger partial charge is 0.481 e. The number of urea groups is 1. The third-order valence-corrected chi connectivity index (χ3v) is 4.46. The van der Waals surface area contributed by atoms with Gasteiger partial charge >= 0.3 is 12.0 Å². The first kappa shape index (κ1) is 14.8. The van der Waals surface area contributed by atoms with Crippen LogP contribution in [0.1, 0.15) is 24.6 Å². The average Bonchev–Trinajstić information content (AvgIpc) is 3.05. The summed E-state index contributed by atoms with van der Waals surface area (Å²) in [6, 6.07) is 4.03. The predicted molar refractivity (Wildman–Crippen MR) is 77.7 cm³/mol. The van der Waals surface area contributed by atoms with Gasteiger partial charge in [-0.15, -0.1) is 11.3 Å². The molecule has 2 amide bonds. The zero-order valence-electron chi connectivity index (χ0n) is 11.6. The fraction of sp³-hybridized carbons (Fsp3) is 0.571. The number of aliphatic carboxylic acids is 1. The molecule has 1 aromatic rings. The Morgan fingerprint density at radius 2 is 2.35 bits per heavy atom. The second-order valence-electron chi connectivity index (χ2n) is 5.07. The van der Waals surface area contributed by atoms with Crippen molar-refractivity contribution in [3.63, 3.8) is 0 Å². The Hall–Kier alpha value is -1.56. The monoisotopic (exact) mass is 296 g/mol. The molecule has 0 spiro atoms. The molecule has 5 nitrogen and oxygen atoms in total. The van der Waals surface area contributed by atoms with Crippen LogP contribution in [0.3, 0.4) is 0 Å². The number of nitrogens with zero attached hydrogens (tertiary/aromatic N) is 2. The highest BCUT2D eigenvalue weighted by molar-refractivity contribution is 7.09. The molecule has 20 heavy (non-hydrogen) atoms. The van der Waals surface area contributed by atoms with Crippen molar-refractivity contribution in [2.45, 2.75) is 26.3 Å². The minimum Gasteiger partial charge on any atom is -0.481 e. The lowest BCUT2D eigenvalue weighted by Gasteiger charge is -2.26. The van der Waals surface area contributed by atoms with Gasteiger partial charge in [-0.1, -0.05) is 6.07 Å². The average molecular weight is 296 g/mol. The van der Waals surface area contributed by atoms with E-state index < -0.39 is 5.97 Å². The van der Waals surface area contributed by atoms with Crippen LogP contribution in [-0.2, 0) is 11.3 Å². The second-order valence-corrected chi connectivity index (χ2v) is 6.11. The quantitative estimate of drug-likeness (QED) is 0.908. The molecule has 110 valence electrons. The number of carbonyl (C=O) groups is 2. The van der Waals surface area contributed by atoms with Crippen molar-refractivity contribution in [1.29, 1.82) is 0 Å². The van der Waals surface area contributed by atoms with Gasteiger partial charge in [0, 0.05) is 30.9 Å². The number of amides is 2. The number of likely N-dealkylation sites (tertiary alicyclic amines) is 1. The molecule has 6 heteroatoms. The maximum atomic E-state index is 12.4. The molecule has 1 fully saturated rings. The predicted octanol–water partition coefficient (Wildman–Crippen LogP) is 2.49. The molecule has 1 saturated heterocycles. The summed E-state index contributed by atoms with van der Waals surface area (Å²) >= 11 is 1.65. The van der Waals surface area contributed by atoms with Crippen molar-refractivity contribution in [2.24, 2.45) is 5.92 Å². The van der Waals surface area contributed by atoms with Crippen LogP contribution in [0.2, 0.25) is 0 Å². The van der Waals surface area contributed by atoms with E-state index >= 15 is 0 Å². The summed E-state index contributed by atoms with van der Waals surface area (Å²) in [6.07, 6.45) is 0.940. The first-order valence-electron chi connectivity index (χ1n) is 6.88. The van der Waals surface area contributed by atoms with Crippen LogP contribution in [-0.4, -0.2) is 46.5 Å². The van der Waals surface area contributed by atoms with Gasteiger partial charge in [0.05, 0.1) is 6.54 Å². The Kier molecular flexibility index (Phi) is 5.00. The Labute approximate surface area is 122 Å². The SMILES string of the molecule is CCN(Cc1cccs1)C(=O)N1CCC(CC(=O)O)C1. The summed E-state index contributed by atoms with van der Waals surface area (Å²) in [5.41, 5.74) is 0. The van der Waals surface area contributed by atoms with E-state index in [-0.39, 0.29) is 18.4 Å². The molecular formula is C14H20N2O3S. The van der Waals surface area contributed by atoms with Gasteiger partial charge in [-0.05, 0) is 30.7 Å². The van der Waals surface area contributed by atoms with Crippen LogP contribution in [0, 0.1) is 5.92 Å². The number of hydrogen-bond donors (Lipinski definition) is 1. The van der Waals surface area contributed by atoms with Crippen molar-refractivity contribution in [3.05, 3.63) is 22.4 Å². The Morgan fingerprint density at radius 3 is 2.95 bits per heavy atom. The summed E-state index contributed by atoms with van der Waals surface area (Å²) < 4.78 is 0.